The van der Waals surface area contributed by atoms with Crippen LogP contribution in [0.25, 0.3) is 0 Å². The van der Waals surface area contributed by atoms with E-state index in [4.69, 9.17) is 0 Å². The van der Waals surface area contributed by atoms with Crippen LogP contribution in [-0.4, -0.2) is 30.1 Å². The maximum Gasteiger partial charge on any atom is 0.147 e. The van der Waals surface area contributed by atoms with Gasteiger partial charge in [-0.15, -0.1) is 0 Å². The minimum absolute atomic E-state index is 0.784. The lowest BCUT2D eigenvalue weighted by Crippen LogP contribution is -2.36. The summed E-state index contributed by atoms with van der Waals surface area (Å²) in [6, 6.07) is 0. The minimum Gasteiger partial charge on any atom is -0.355 e. The Bertz CT molecular complexity index is 353. The fourth-order valence-electron chi connectivity index (χ4n) is 2.42. The van der Waals surface area contributed by atoms with Crippen LogP contribution < -0.4 is 10.2 Å². The number of nitrogens with zero attached hydrogens (tertiary/aromatic N) is 3. The molecule has 1 aliphatic heterocycles. The molecule has 0 radical (unpaired) electrons. The van der Waals surface area contributed by atoms with Gasteiger partial charge in [-0.05, 0) is 25.8 Å². The quantitative estimate of drug-likeness (QED) is 0.863. The molecule has 17 heavy (non-hydrogen) atoms. The molecule has 1 unspecified atom stereocenters. The molecular weight excluding hydrogens is 212 g/mol. The van der Waals surface area contributed by atoms with Gasteiger partial charge in [0.2, 0.25) is 0 Å². The van der Waals surface area contributed by atoms with Gasteiger partial charge < -0.3 is 10.2 Å². The summed E-state index contributed by atoms with van der Waals surface area (Å²) in [6.45, 7) is 5.31. The van der Waals surface area contributed by atoms with Crippen molar-refractivity contribution in [1.82, 2.24) is 15.3 Å². The van der Waals surface area contributed by atoms with Crippen LogP contribution in [0.3, 0.4) is 0 Å². The monoisotopic (exact) mass is 234 g/mol. The summed E-state index contributed by atoms with van der Waals surface area (Å²) in [7, 11) is 1.93. The smallest absolute Gasteiger partial charge is 0.147 e. The van der Waals surface area contributed by atoms with Crippen LogP contribution in [0.1, 0.15) is 31.9 Å². The van der Waals surface area contributed by atoms with Gasteiger partial charge in [0.1, 0.15) is 5.82 Å². The van der Waals surface area contributed by atoms with Crippen molar-refractivity contribution in [1.29, 1.82) is 0 Å². The predicted molar refractivity (Wildman–Crippen MR) is 70.0 cm³/mol. The zero-order chi connectivity index (χ0) is 12.1. The van der Waals surface area contributed by atoms with E-state index < -0.39 is 0 Å². The summed E-state index contributed by atoms with van der Waals surface area (Å²) in [5.74, 6) is 1.86. The molecule has 94 valence electrons. The van der Waals surface area contributed by atoms with Gasteiger partial charge in [0, 0.05) is 25.8 Å². The molecule has 1 fully saturated rings. The summed E-state index contributed by atoms with van der Waals surface area (Å²) in [4.78, 5) is 11.3. The van der Waals surface area contributed by atoms with Crippen molar-refractivity contribution in [2.24, 2.45) is 5.92 Å². The second-order valence-electron chi connectivity index (χ2n) is 4.76. The lowest BCUT2D eigenvalue weighted by Gasteiger charge is -2.33. The van der Waals surface area contributed by atoms with Crippen LogP contribution in [0.5, 0.6) is 0 Å². The summed E-state index contributed by atoms with van der Waals surface area (Å²) in [6.07, 6.45) is 7.62. The van der Waals surface area contributed by atoms with Crippen LogP contribution in [0.15, 0.2) is 12.4 Å². The third-order valence-corrected chi connectivity index (χ3v) is 3.45. The molecule has 4 heteroatoms. The first-order valence-electron chi connectivity index (χ1n) is 6.54. The number of rotatable bonds is 4. The predicted octanol–water partition coefficient (Wildman–Crippen LogP) is 1.82. The van der Waals surface area contributed by atoms with Crippen molar-refractivity contribution in [2.75, 3.05) is 25.0 Å². The van der Waals surface area contributed by atoms with Crippen molar-refractivity contribution in [3.63, 3.8) is 0 Å². The van der Waals surface area contributed by atoms with Crippen molar-refractivity contribution in [3.8, 4) is 0 Å². The summed E-state index contributed by atoms with van der Waals surface area (Å²) < 4.78 is 0. The highest BCUT2D eigenvalue weighted by Crippen LogP contribution is 2.23. The molecule has 4 nitrogen and oxygen atoms in total. The van der Waals surface area contributed by atoms with E-state index in [1.165, 1.54) is 19.3 Å². The largest absolute Gasteiger partial charge is 0.355 e. The van der Waals surface area contributed by atoms with Gasteiger partial charge in [0.25, 0.3) is 0 Å². The molecule has 1 aromatic heterocycles. The summed E-state index contributed by atoms with van der Waals surface area (Å²) in [5.41, 5.74) is 1.02. The van der Waals surface area contributed by atoms with Gasteiger partial charge in [0.15, 0.2) is 0 Å². The lowest BCUT2D eigenvalue weighted by atomic mass is 9.96. The molecule has 2 heterocycles. The van der Waals surface area contributed by atoms with Crippen LogP contribution >= 0.6 is 0 Å². The fraction of sp³-hybridized carbons (Fsp3) is 0.692. The third-order valence-electron chi connectivity index (χ3n) is 3.45. The zero-order valence-corrected chi connectivity index (χ0v) is 10.8. The number of piperidine rings is 1. The number of hydrogen-bond donors (Lipinski definition) is 1. The van der Waals surface area contributed by atoms with Crippen LogP contribution in [0.4, 0.5) is 5.82 Å². The molecule has 0 bridgehead atoms. The van der Waals surface area contributed by atoms with E-state index in [9.17, 15) is 0 Å². The van der Waals surface area contributed by atoms with E-state index in [1.54, 1.807) is 0 Å². The highest BCUT2D eigenvalue weighted by atomic mass is 15.2. The minimum atomic E-state index is 0.784. The Morgan fingerprint density at radius 2 is 2.35 bits per heavy atom. The normalized spacial score (nSPS) is 20.6. The van der Waals surface area contributed by atoms with E-state index in [0.29, 0.717) is 0 Å². The molecular formula is C13H22N4. The molecule has 0 saturated carbocycles. The average Bonchev–Trinajstić information content (AvgIpc) is 2.40. The highest BCUT2D eigenvalue weighted by Gasteiger charge is 2.19. The van der Waals surface area contributed by atoms with Gasteiger partial charge >= 0.3 is 0 Å². The first kappa shape index (κ1) is 12.3. The lowest BCUT2D eigenvalue weighted by molar-refractivity contribution is 0.402. The number of nitrogens with one attached hydrogen (secondary N) is 1. The summed E-state index contributed by atoms with van der Waals surface area (Å²) in [5, 5.41) is 3.11. The number of anilines is 1. The van der Waals surface area contributed by atoms with Crippen molar-refractivity contribution in [2.45, 2.75) is 32.7 Å². The Balaban J connectivity index is 2.07. The van der Waals surface area contributed by atoms with E-state index in [2.05, 4.69) is 27.1 Å². The zero-order valence-electron chi connectivity index (χ0n) is 10.8. The van der Waals surface area contributed by atoms with Crippen molar-refractivity contribution >= 4 is 5.82 Å². The standard InChI is InChI=1S/C13H22N4/c1-3-11-5-4-6-17(10-11)13-9-15-8-12(16-13)7-14-2/h8-9,11,14H,3-7,10H2,1-2H3. The molecule has 1 aliphatic rings. The van der Waals surface area contributed by atoms with Crippen LogP contribution in [-0.2, 0) is 6.54 Å². The SMILES string of the molecule is CCC1CCCN(c2cncc(CNC)n2)C1. The highest BCUT2D eigenvalue weighted by molar-refractivity contribution is 5.36. The number of hydrogen-bond acceptors (Lipinski definition) is 4. The van der Waals surface area contributed by atoms with E-state index in [-0.39, 0.29) is 0 Å². The molecule has 1 saturated heterocycles. The second kappa shape index (κ2) is 5.96. The average molecular weight is 234 g/mol. The topological polar surface area (TPSA) is 41.1 Å². The molecule has 0 aromatic carbocycles. The molecule has 1 atom stereocenters. The first-order chi connectivity index (χ1) is 8.33. The molecule has 0 spiro atoms. The van der Waals surface area contributed by atoms with E-state index >= 15 is 0 Å². The molecule has 2 rings (SSSR count). The van der Waals surface area contributed by atoms with Crippen molar-refractivity contribution in [3.05, 3.63) is 18.1 Å². The second-order valence-corrected chi connectivity index (χ2v) is 4.76. The van der Waals surface area contributed by atoms with Gasteiger partial charge in [0.05, 0.1) is 11.9 Å². The molecule has 1 aromatic rings. The van der Waals surface area contributed by atoms with Gasteiger partial charge in [-0.2, -0.15) is 0 Å². The van der Waals surface area contributed by atoms with Crippen LogP contribution in [0.2, 0.25) is 0 Å². The van der Waals surface area contributed by atoms with Gasteiger partial charge in [-0.1, -0.05) is 13.3 Å². The number of aromatic nitrogens is 2. The molecule has 1 N–H and O–H groups in total. The Labute approximate surface area is 103 Å². The van der Waals surface area contributed by atoms with Gasteiger partial charge in [-0.25, -0.2) is 4.98 Å². The molecule has 0 aliphatic carbocycles. The Morgan fingerprint density at radius 1 is 1.47 bits per heavy atom. The van der Waals surface area contributed by atoms with E-state index in [1.807, 2.05) is 19.4 Å². The van der Waals surface area contributed by atoms with E-state index in [0.717, 1.165) is 37.1 Å². The summed E-state index contributed by atoms with van der Waals surface area (Å²) >= 11 is 0. The Kier molecular flexibility index (Phi) is 4.31. The third kappa shape index (κ3) is 3.16. The Hall–Kier alpha value is -1.16. The maximum absolute atomic E-state index is 4.66. The molecule has 0 amide bonds. The first-order valence-corrected chi connectivity index (χ1v) is 6.54. The van der Waals surface area contributed by atoms with Gasteiger partial charge in [-0.3, -0.25) is 4.98 Å². The van der Waals surface area contributed by atoms with Crippen LogP contribution in [0, 0.1) is 5.92 Å². The van der Waals surface area contributed by atoms with Crippen molar-refractivity contribution < 1.29 is 0 Å². The fourth-order valence-corrected chi connectivity index (χ4v) is 2.42. The Morgan fingerprint density at radius 3 is 3.12 bits per heavy atom. The maximum atomic E-state index is 4.66.